The van der Waals surface area contributed by atoms with Gasteiger partial charge in [0.15, 0.2) is 0 Å². The van der Waals surface area contributed by atoms with Crippen LogP contribution in [0.4, 0.5) is 0 Å². The third-order valence-corrected chi connectivity index (χ3v) is 3.67. The largest absolute Gasteiger partial charge is 0.354 e. The van der Waals surface area contributed by atoms with Gasteiger partial charge in [0.1, 0.15) is 0 Å². The van der Waals surface area contributed by atoms with Crippen molar-refractivity contribution in [3.05, 3.63) is 29.8 Å². The van der Waals surface area contributed by atoms with Gasteiger partial charge in [0.2, 0.25) is 15.9 Å². The first-order valence-electron chi connectivity index (χ1n) is 5.99. The monoisotopic (exact) mass is 285 g/mol. The molecular weight excluding hydrogens is 266 g/mol. The smallest absolute Gasteiger partial charge is 0.238 e. The fraction of sp³-hybridized carbons (Fsp3) is 0.417. The van der Waals surface area contributed by atoms with Crippen LogP contribution in [0.15, 0.2) is 29.2 Å². The molecule has 106 valence electrons. The Morgan fingerprint density at radius 2 is 1.89 bits per heavy atom. The minimum absolute atomic E-state index is 0.0771. The SMILES string of the molecule is CC[C@@H](N)C(=O)NCCc1ccc(S(N)(=O)=O)cc1. The summed E-state index contributed by atoms with van der Waals surface area (Å²) in [6.45, 7) is 2.30. The molecule has 5 N–H and O–H groups in total. The maximum absolute atomic E-state index is 11.4. The zero-order valence-corrected chi connectivity index (χ0v) is 11.6. The third kappa shape index (κ3) is 4.98. The number of hydrogen-bond acceptors (Lipinski definition) is 4. The van der Waals surface area contributed by atoms with E-state index < -0.39 is 16.1 Å². The molecule has 0 saturated carbocycles. The molecule has 1 aromatic rings. The zero-order chi connectivity index (χ0) is 14.5. The van der Waals surface area contributed by atoms with Gasteiger partial charge in [-0.05, 0) is 30.5 Å². The maximum Gasteiger partial charge on any atom is 0.238 e. The second kappa shape index (κ2) is 6.65. The molecule has 1 rings (SSSR count). The number of amides is 1. The number of hydrogen-bond donors (Lipinski definition) is 3. The number of nitrogens with one attached hydrogen (secondary N) is 1. The number of carbonyl (C=O) groups is 1. The molecule has 0 aliphatic heterocycles. The molecule has 1 amide bonds. The van der Waals surface area contributed by atoms with Crippen LogP contribution in [0.1, 0.15) is 18.9 Å². The van der Waals surface area contributed by atoms with Crippen LogP contribution >= 0.6 is 0 Å². The molecule has 1 aromatic carbocycles. The number of primary sulfonamides is 1. The van der Waals surface area contributed by atoms with Crippen LogP contribution in [-0.2, 0) is 21.2 Å². The van der Waals surface area contributed by atoms with Gasteiger partial charge in [0.05, 0.1) is 10.9 Å². The van der Waals surface area contributed by atoms with Crippen molar-refractivity contribution in [1.29, 1.82) is 0 Å². The van der Waals surface area contributed by atoms with E-state index in [9.17, 15) is 13.2 Å². The molecule has 0 aromatic heterocycles. The van der Waals surface area contributed by atoms with Gasteiger partial charge in [-0.15, -0.1) is 0 Å². The molecule has 0 spiro atoms. The van der Waals surface area contributed by atoms with Crippen molar-refractivity contribution in [2.75, 3.05) is 6.54 Å². The summed E-state index contributed by atoms with van der Waals surface area (Å²) in [5, 5.41) is 7.72. The Labute approximate surface area is 113 Å². The summed E-state index contributed by atoms with van der Waals surface area (Å²) in [6, 6.07) is 5.76. The van der Waals surface area contributed by atoms with E-state index in [-0.39, 0.29) is 10.8 Å². The predicted octanol–water partition coefficient (Wildman–Crippen LogP) is -0.270. The highest BCUT2D eigenvalue weighted by molar-refractivity contribution is 7.89. The van der Waals surface area contributed by atoms with Gasteiger partial charge in [0.25, 0.3) is 0 Å². The molecule has 0 fully saturated rings. The number of rotatable bonds is 6. The van der Waals surface area contributed by atoms with Gasteiger partial charge in [-0.2, -0.15) is 0 Å². The first-order chi connectivity index (χ1) is 8.84. The highest BCUT2D eigenvalue weighted by Gasteiger charge is 2.10. The maximum atomic E-state index is 11.4. The first-order valence-corrected chi connectivity index (χ1v) is 7.54. The zero-order valence-electron chi connectivity index (χ0n) is 10.8. The van der Waals surface area contributed by atoms with Crippen molar-refractivity contribution >= 4 is 15.9 Å². The molecule has 0 aliphatic carbocycles. The summed E-state index contributed by atoms with van der Waals surface area (Å²) < 4.78 is 22.1. The van der Waals surface area contributed by atoms with E-state index in [1.54, 1.807) is 12.1 Å². The predicted molar refractivity (Wildman–Crippen MR) is 72.8 cm³/mol. The van der Waals surface area contributed by atoms with Crippen LogP contribution in [0.25, 0.3) is 0 Å². The van der Waals surface area contributed by atoms with Crippen molar-refractivity contribution in [2.24, 2.45) is 10.9 Å². The number of sulfonamides is 1. The van der Waals surface area contributed by atoms with Crippen molar-refractivity contribution in [2.45, 2.75) is 30.7 Å². The average molecular weight is 285 g/mol. The minimum Gasteiger partial charge on any atom is -0.354 e. The van der Waals surface area contributed by atoms with Crippen molar-refractivity contribution in [3.63, 3.8) is 0 Å². The molecule has 0 radical (unpaired) electrons. The van der Waals surface area contributed by atoms with Crippen LogP contribution in [0.3, 0.4) is 0 Å². The van der Waals surface area contributed by atoms with E-state index in [1.807, 2.05) is 6.92 Å². The van der Waals surface area contributed by atoms with Crippen LogP contribution in [0, 0.1) is 0 Å². The molecule has 0 aliphatic rings. The second-order valence-corrected chi connectivity index (χ2v) is 5.81. The van der Waals surface area contributed by atoms with Crippen LogP contribution < -0.4 is 16.2 Å². The summed E-state index contributed by atoms with van der Waals surface area (Å²) in [7, 11) is -3.65. The Balaban J connectivity index is 2.49. The van der Waals surface area contributed by atoms with E-state index >= 15 is 0 Å². The van der Waals surface area contributed by atoms with Gasteiger partial charge in [-0.3, -0.25) is 4.79 Å². The Bertz CT molecular complexity index is 526. The minimum atomic E-state index is -3.65. The molecule has 0 heterocycles. The van der Waals surface area contributed by atoms with E-state index in [0.29, 0.717) is 19.4 Å². The van der Waals surface area contributed by atoms with Crippen molar-refractivity contribution < 1.29 is 13.2 Å². The lowest BCUT2D eigenvalue weighted by atomic mass is 10.1. The summed E-state index contributed by atoms with van der Waals surface area (Å²) in [4.78, 5) is 11.5. The highest BCUT2D eigenvalue weighted by Crippen LogP contribution is 2.08. The van der Waals surface area contributed by atoms with Crippen molar-refractivity contribution in [1.82, 2.24) is 5.32 Å². The highest BCUT2D eigenvalue weighted by atomic mass is 32.2. The molecule has 7 heteroatoms. The number of nitrogens with two attached hydrogens (primary N) is 2. The second-order valence-electron chi connectivity index (χ2n) is 4.24. The lowest BCUT2D eigenvalue weighted by Crippen LogP contribution is -2.40. The van der Waals surface area contributed by atoms with E-state index in [4.69, 9.17) is 10.9 Å². The Kier molecular flexibility index (Phi) is 5.46. The lowest BCUT2D eigenvalue weighted by molar-refractivity contribution is -0.122. The van der Waals surface area contributed by atoms with Crippen LogP contribution in [0.2, 0.25) is 0 Å². The van der Waals surface area contributed by atoms with E-state index in [0.717, 1.165) is 5.56 Å². The van der Waals surface area contributed by atoms with Gasteiger partial charge < -0.3 is 11.1 Å². The Morgan fingerprint density at radius 3 is 2.37 bits per heavy atom. The normalized spacial score (nSPS) is 13.0. The van der Waals surface area contributed by atoms with Crippen molar-refractivity contribution in [3.8, 4) is 0 Å². The topological polar surface area (TPSA) is 115 Å². The third-order valence-electron chi connectivity index (χ3n) is 2.74. The first kappa shape index (κ1) is 15.6. The molecule has 6 nitrogen and oxygen atoms in total. The fourth-order valence-electron chi connectivity index (χ4n) is 1.49. The Hall–Kier alpha value is -1.44. The van der Waals surface area contributed by atoms with E-state index in [1.165, 1.54) is 12.1 Å². The summed E-state index contributed by atoms with van der Waals surface area (Å²) in [5.74, 6) is -0.177. The molecule has 1 atom stereocenters. The number of carbonyl (C=O) groups excluding carboxylic acids is 1. The molecule has 19 heavy (non-hydrogen) atoms. The summed E-state index contributed by atoms with van der Waals surface area (Å²) in [5.41, 5.74) is 6.49. The van der Waals surface area contributed by atoms with Gasteiger partial charge in [-0.25, -0.2) is 13.6 Å². The molecule has 0 bridgehead atoms. The van der Waals surface area contributed by atoms with E-state index in [2.05, 4.69) is 5.32 Å². The lowest BCUT2D eigenvalue weighted by Gasteiger charge is -2.10. The molecule has 0 saturated heterocycles. The Morgan fingerprint density at radius 1 is 1.32 bits per heavy atom. The molecular formula is C12H19N3O3S. The summed E-state index contributed by atoms with van der Waals surface area (Å²) in [6.07, 6.45) is 1.20. The quantitative estimate of drug-likeness (QED) is 0.667. The number of benzene rings is 1. The van der Waals surface area contributed by atoms with Gasteiger partial charge in [0, 0.05) is 6.54 Å². The van der Waals surface area contributed by atoms with Crippen LogP contribution in [0.5, 0.6) is 0 Å². The van der Waals surface area contributed by atoms with Gasteiger partial charge in [-0.1, -0.05) is 19.1 Å². The van der Waals surface area contributed by atoms with Gasteiger partial charge >= 0.3 is 0 Å². The standard InChI is InChI=1S/C12H19N3O3S/c1-2-11(13)12(16)15-8-7-9-3-5-10(6-4-9)19(14,17)18/h3-6,11H,2,7-8,13H2,1H3,(H,15,16)(H2,14,17,18)/t11-/m1/s1. The average Bonchev–Trinajstić information content (AvgIpc) is 2.37. The molecule has 0 unspecified atom stereocenters. The summed E-state index contributed by atoms with van der Waals surface area (Å²) >= 11 is 0. The van der Waals surface area contributed by atoms with Crippen LogP contribution in [-0.4, -0.2) is 26.9 Å². The fourth-order valence-corrected chi connectivity index (χ4v) is 2.01.